The molecule has 1 aliphatic heterocycles. The topological polar surface area (TPSA) is 74.3 Å². The van der Waals surface area contributed by atoms with Crippen LogP contribution in [0.3, 0.4) is 0 Å². The molecule has 49 heavy (non-hydrogen) atoms. The van der Waals surface area contributed by atoms with Gasteiger partial charge >= 0.3 is 6.18 Å². The number of benzene rings is 4. The summed E-state index contributed by atoms with van der Waals surface area (Å²) in [5.41, 5.74) is 6.92. The summed E-state index contributed by atoms with van der Waals surface area (Å²) in [5, 5.41) is 6.20. The van der Waals surface area contributed by atoms with Gasteiger partial charge in [0.25, 0.3) is 5.91 Å². The van der Waals surface area contributed by atoms with Crippen LogP contribution in [0.2, 0.25) is 0 Å². The molecule has 2 amide bonds. The summed E-state index contributed by atoms with van der Waals surface area (Å²) >= 11 is 1.60. The number of aryl methyl sites for hydroxylation is 1. The minimum Gasteiger partial charge on any atom is -0.349 e. The first kappa shape index (κ1) is 33.0. The first-order chi connectivity index (χ1) is 23.7. The fourth-order valence-electron chi connectivity index (χ4n) is 7.06. The Morgan fingerprint density at radius 2 is 1.55 bits per heavy atom. The Morgan fingerprint density at radius 1 is 0.837 bits per heavy atom. The summed E-state index contributed by atoms with van der Waals surface area (Å²) in [6.45, 7) is 1.50. The number of unbranched alkanes of at least 4 members (excludes halogenated alkanes) is 1. The number of halogens is 3. The first-order valence-corrected chi connectivity index (χ1v) is 17.6. The third kappa shape index (κ3) is 7.40. The Bertz CT molecular complexity index is 1950. The van der Waals surface area contributed by atoms with Gasteiger partial charge in [-0.05, 0) is 84.7 Å². The first-order valence-electron chi connectivity index (χ1n) is 16.8. The van der Waals surface area contributed by atoms with Crippen molar-refractivity contribution in [3.05, 3.63) is 113 Å². The van der Waals surface area contributed by atoms with E-state index >= 15 is 0 Å². The van der Waals surface area contributed by atoms with Gasteiger partial charge in [0.05, 0.1) is 16.1 Å². The van der Waals surface area contributed by atoms with Gasteiger partial charge in [0, 0.05) is 30.3 Å². The van der Waals surface area contributed by atoms with Crippen molar-refractivity contribution >= 4 is 33.4 Å². The summed E-state index contributed by atoms with van der Waals surface area (Å²) in [7, 11) is 0. The van der Waals surface area contributed by atoms with Crippen molar-refractivity contribution in [2.24, 2.45) is 0 Å². The van der Waals surface area contributed by atoms with E-state index in [9.17, 15) is 22.8 Å². The number of nitrogens with zero attached hydrogens (tertiary/aromatic N) is 2. The zero-order valence-corrected chi connectivity index (χ0v) is 27.7. The fourth-order valence-corrected chi connectivity index (χ4v) is 8.07. The predicted molar refractivity (Wildman–Crippen MR) is 188 cm³/mol. The molecule has 1 atom stereocenters. The van der Waals surface area contributed by atoms with E-state index in [-0.39, 0.29) is 11.9 Å². The van der Waals surface area contributed by atoms with Crippen molar-refractivity contribution in [2.75, 3.05) is 26.2 Å². The van der Waals surface area contributed by atoms with E-state index in [1.54, 1.807) is 11.3 Å². The number of hydrogen-bond donors (Lipinski definition) is 2. The summed E-state index contributed by atoms with van der Waals surface area (Å²) < 4.78 is 39.5. The number of para-hydroxylation sites is 1. The molecule has 1 saturated heterocycles. The van der Waals surface area contributed by atoms with Crippen molar-refractivity contribution in [1.82, 2.24) is 20.5 Å². The molecule has 10 heteroatoms. The van der Waals surface area contributed by atoms with E-state index in [2.05, 4.69) is 21.6 Å². The third-order valence-electron chi connectivity index (χ3n) is 9.52. The van der Waals surface area contributed by atoms with Gasteiger partial charge < -0.3 is 15.5 Å². The summed E-state index contributed by atoms with van der Waals surface area (Å²) in [5.74, 6) is -1.43. The molecule has 1 aromatic heterocycles. The summed E-state index contributed by atoms with van der Waals surface area (Å²) in [6, 6.07) is 29.3. The largest absolute Gasteiger partial charge is 0.405 e. The number of piperidine rings is 1. The highest BCUT2D eigenvalue weighted by Crippen LogP contribution is 2.45. The Hall–Kier alpha value is -4.54. The van der Waals surface area contributed by atoms with Gasteiger partial charge in [-0.25, -0.2) is 4.98 Å². The molecule has 252 valence electrons. The second kappa shape index (κ2) is 14.1. The number of likely N-dealkylation sites (tertiary alicyclic amines) is 1. The fraction of sp³-hybridized carbons (Fsp3) is 0.308. The normalized spacial score (nSPS) is 16.3. The Labute approximate surface area is 287 Å². The maximum Gasteiger partial charge on any atom is 0.405 e. The van der Waals surface area contributed by atoms with Crippen molar-refractivity contribution in [2.45, 2.75) is 50.2 Å². The quantitative estimate of drug-likeness (QED) is 0.147. The van der Waals surface area contributed by atoms with Crippen LogP contribution < -0.4 is 10.6 Å². The van der Waals surface area contributed by atoms with Crippen LogP contribution in [0.5, 0.6) is 0 Å². The van der Waals surface area contributed by atoms with Crippen molar-refractivity contribution in [1.29, 1.82) is 0 Å². The lowest BCUT2D eigenvalue weighted by atomic mass is 9.94. The molecule has 0 spiro atoms. The summed E-state index contributed by atoms with van der Waals surface area (Å²) in [6.07, 6.45) is 0.241. The molecule has 0 saturated carbocycles. The van der Waals surface area contributed by atoms with Gasteiger partial charge in [0.1, 0.15) is 11.6 Å². The molecule has 1 aliphatic carbocycles. The van der Waals surface area contributed by atoms with Crippen LogP contribution in [-0.4, -0.2) is 60.1 Å². The lowest BCUT2D eigenvalue weighted by molar-refractivity contribution is -0.138. The van der Waals surface area contributed by atoms with Gasteiger partial charge in [-0.2, -0.15) is 13.2 Å². The Kier molecular flexibility index (Phi) is 9.51. The van der Waals surface area contributed by atoms with Gasteiger partial charge in [-0.3, -0.25) is 9.59 Å². The minimum absolute atomic E-state index is 0.0569. The van der Waals surface area contributed by atoms with Crippen LogP contribution in [0.25, 0.3) is 31.9 Å². The van der Waals surface area contributed by atoms with E-state index in [0.29, 0.717) is 5.56 Å². The second-order valence-corrected chi connectivity index (χ2v) is 13.9. The molecular weight excluding hydrogens is 646 g/mol. The number of rotatable bonds is 10. The third-order valence-corrected chi connectivity index (χ3v) is 10.6. The molecular formula is C39H37F3N4O2S. The van der Waals surface area contributed by atoms with Crippen molar-refractivity contribution in [3.8, 4) is 21.7 Å². The average Bonchev–Trinajstić information content (AvgIpc) is 3.69. The van der Waals surface area contributed by atoms with E-state index in [1.165, 1.54) is 0 Å². The monoisotopic (exact) mass is 682 g/mol. The van der Waals surface area contributed by atoms with Crippen LogP contribution in [0.15, 0.2) is 91.0 Å². The number of alkyl halides is 3. The molecule has 1 fully saturated rings. The molecule has 2 heterocycles. The standard InChI is InChI=1S/C39H37F3N4O2S/c40-39(41,42)24-43-37(48)35-28-11-2-1-10-27(28)32-23-25(16-17-29(32)35)9-7-8-20-46-21-18-26(19-22-46)44-36(47)30-12-3-4-13-31(30)38-45-33-14-5-6-15-34(33)49-38/h1-6,10-17,23,26,35H,7-9,18-22,24H2,(H,43,48)(H,44,47). The summed E-state index contributed by atoms with van der Waals surface area (Å²) in [4.78, 5) is 33.5. The van der Waals surface area contributed by atoms with Crippen LogP contribution in [0, 0.1) is 0 Å². The number of hydrogen-bond acceptors (Lipinski definition) is 5. The highest BCUT2D eigenvalue weighted by molar-refractivity contribution is 7.21. The zero-order chi connectivity index (χ0) is 34.0. The van der Waals surface area contributed by atoms with Crippen LogP contribution >= 0.6 is 11.3 Å². The highest BCUT2D eigenvalue weighted by atomic mass is 32.1. The Balaban J connectivity index is 0.893. The van der Waals surface area contributed by atoms with Crippen LogP contribution in [-0.2, 0) is 11.2 Å². The highest BCUT2D eigenvalue weighted by Gasteiger charge is 2.36. The second-order valence-electron chi connectivity index (χ2n) is 12.9. The number of amides is 2. The molecule has 2 N–H and O–H groups in total. The van der Waals surface area contributed by atoms with Crippen LogP contribution in [0.4, 0.5) is 13.2 Å². The molecule has 1 unspecified atom stereocenters. The number of thiazole rings is 1. The molecule has 6 nitrogen and oxygen atoms in total. The van der Waals surface area contributed by atoms with E-state index in [0.717, 1.165) is 100 Å². The average molecular weight is 683 g/mol. The van der Waals surface area contributed by atoms with Gasteiger partial charge in [0.2, 0.25) is 5.91 Å². The van der Waals surface area contributed by atoms with Gasteiger partial charge in [0.15, 0.2) is 0 Å². The van der Waals surface area contributed by atoms with Crippen molar-refractivity contribution < 1.29 is 22.8 Å². The number of fused-ring (bicyclic) bond motifs is 4. The van der Waals surface area contributed by atoms with Gasteiger partial charge in [-0.1, -0.05) is 72.8 Å². The van der Waals surface area contributed by atoms with E-state index < -0.39 is 24.5 Å². The number of carbonyl (C=O) groups excluding carboxylic acids is 2. The molecule has 7 rings (SSSR count). The molecule has 0 bridgehead atoms. The van der Waals surface area contributed by atoms with E-state index in [4.69, 9.17) is 4.98 Å². The van der Waals surface area contributed by atoms with Crippen molar-refractivity contribution in [3.63, 3.8) is 0 Å². The lowest BCUT2D eigenvalue weighted by Crippen LogP contribution is -2.44. The van der Waals surface area contributed by atoms with E-state index in [1.807, 2.05) is 84.9 Å². The molecule has 2 aliphatic rings. The smallest absolute Gasteiger partial charge is 0.349 e. The SMILES string of the molecule is O=C(NC1CCN(CCCCc2ccc3c(c2)-c2ccccc2C3C(=O)NCC(F)(F)F)CC1)c1ccccc1-c1nc2ccccc2s1. The number of nitrogens with one attached hydrogen (secondary N) is 2. The number of aromatic nitrogens is 1. The Morgan fingerprint density at radius 3 is 2.35 bits per heavy atom. The molecule has 5 aromatic rings. The number of carbonyl (C=O) groups is 2. The van der Waals surface area contributed by atoms with Gasteiger partial charge in [-0.15, -0.1) is 11.3 Å². The predicted octanol–water partition coefficient (Wildman–Crippen LogP) is 7.97. The molecule has 4 aromatic carbocycles. The maximum atomic E-state index is 13.4. The zero-order valence-electron chi connectivity index (χ0n) is 26.9. The van der Waals surface area contributed by atoms with Crippen LogP contribution in [0.1, 0.15) is 58.6 Å². The minimum atomic E-state index is -4.46. The maximum absolute atomic E-state index is 13.4. The molecule has 0 radical (unpaired) electrons. The lowest BCUT2D eigenvalue weighted by Gasteiger charge is -2.32.